The Bertz CT molecular complexity index is 541. The molecule has 4 N–H and O–H groups in total. The van der Waals surface area contributed by atoms with Crippen molar-refractivity contribution in [1.29, 1.82) is 0 Å². The number of urea groups is 2. The smallest absolute Gasteiger partial charge is 0.319 e. The molecule has 0 aromatic heterocycles. The summed E-state index contributed by atoms with van der Waals surface area (Å²) in [5.74, 6) is 0.745. The quantitative estimate of drug-likeness (QED) is 0.646. The number of nitrogens with one attached hydrogen (secondary N) is 4. The van der Waals surface area contributed by atoms with Crippen molar-refractivity contribution in [1.82, 2.24) is 10.6 Å². The summed E-state index contributed by atoms with van der Waals surface area (Å²) in [7, 11) is 0. The molecule has 1 aromatic carbocycles. The molecule has 0 saturated heterocycles. The van der Waals surface area contributed by atoms with Crippen molar-refractivity contribution in [3.05, 3.63) is 23.8 Å². The molecule has 0 bridgehead atoms. The van der Waals surface area contributed by atoms with E-state index in [0.717, 1.165) is 5.56 Å². The first kappa shape index (κ1) is 18.8. The molecule has 0 radical (unpaired) electrons. The van der Waals surface area contributed by atoms with Crippen LogP contribution in [0.15, 0.2) is 18.2 Å². The first-order chi connectivity index (χ1) is 10.8. The Balaban J connectivity index is 2.75. The van der Waals surface area contributed by atoms with Crippen LogP contribution >= 0.6 is 0 Å². The Labute approximate surface area is 138 Å². The summed E-state index contributed by atoms with van der Waals surface area (Å²) in [5.41, 5.74) is 2.06. The number of amides is 4. The molecule has 6 nitrogen and oxygen atoms in total. The van der Waals surface area contributed by atoms with Gasteiger partial charge in [-0.1, -0.05) is 39.8 Å². The molecule has 0 atom stereocenters. The van der Waals surface area contributed by atoms with E-state index in [1.807, 2.05) is 46.8 Å². The minimum absolute atomic E-state index is 0.279. The second-order valence-electron chi connectivity index (χ2n) is 6.46. The molecule has 0 spiro atoms. The van der Waals surface area contributed by atoms with E-state index < -0.39 is 0 Å². The van der Waals surface area contributed by atoms with E-state index in [-0.39, 0.29) is 12.1 Å². The van der Waals surface area contributed by atoms with Gasteiger partial charge in [0.25, 0.3) is 0 Å². The SMILES string of the molecule is Cc1cccc(NC(=O)NCC(C)C)c1NC(=O)NCC(C)C. The fourth-order valence-corrected chi connectivity index (χ4v) is 1.86. The third-order valence-electron chi connectivity index (χ3n) is 3.10. The number of hydrogen-bond acceptors (Lipinski definition) is 2. The topological polar surface area (TPSA) is 82.3 Å². The van der Waals surface area contributed by atoms with Gasteiger partial charge in [-0.2, -0.15) is 0 Å². The molecular weight excluding hydrogens is 292 g/mol. The molecule has 0 saturated carbocycles. The summed E-state index contributed by atoms with van der Waals surface area (Å²) in [6.07, 6.45) is 0. The highest BCUT2D eigenvalue weighted by Crippen LogP contribution is 2.25. The average molecular weight is 320 g/mol. The molecule has 128 valence electrons. The molecular formula is C17H28N4O2. The number of anilines is 2. The van der Waals surface area contributed by atoms with Crippen LogP contribution < -0.4 is 21.3 Å². The van der Waals surface area contributed by atoms with Crippen molar-refractivity contribution in [2.75, 3.05) is 23.7 Å². The van der Waals surface area contributed by atoms with Gasteiger partial charge in [0.15, 0.2) is 0 Å². The molecule has 0 heterocycles. The molecule has 6 heteroatoms. The Morgan fingerprint density at radius 1 is 0.913 bits per heavy atom. The van der Waals surface area contributed by atoms with Crippen molar-refractivity contribution in [2.45, 2.75) is 34.6 Å². The van der Waals surface area contributed by atoms with Crippen molar-refractivity contribution in [3.63, 3.8) is 0 Å². The Kier molecular flexibility index (Phi) is 7.38. The normalized spacial score (nSPS) is 10.6. The predicted octanol–water partition coefficient (Wildman–Crippen LogP) is 3.55. The van der Waals surface area contributed by atoms with Gasteiger partial charge in [-0.25, -0.2) is 9.59 Å². The maximum Gasteiger partial charge on any atom is 0.319 e. The van der Waals surface area contributed by atoms with Gasteiger partial charge >= 0.3 is 12.1 Å². The number of para-hydroxylation sites is 1. The lowest BCUT2D eigenvalue weighted by molar-refractivity contribution is 0.249. The van der Waals surface area contributed by atoms with Gasteiger partial charge in [-0.15, -0.1) is 0 Å². The molecule has 23 heavy (non-hydrogen) atoms. The van der Waals surface area contributed by atoms with Gasteiger partial charge in [0.05, 0.1) is 11.4 Å². The number of aryl methyl sites for hydroxylation is 1. The molecule has 0 fully saturated rings. The summed E-state index contributed by atoms with van der Waals surface area (Å²) in [6, 6.07) is 4.92. The zero-order valence-electron chi connectivity index (χ0n) is 14.6. The largest absolute Gasteiger partial charge is 0.338 e. The monoisotopic (exact) mass is 320 g/mol. The molecule has 1 rings (SSSR count). The molecule has 0 aliphatic rings. The Hall–Kier alpha value is -2.24. The fourth-order valence-electron chi connectivity index (χ4n) is 1.86. The molecule has 0 aliphatic heterocycles. The van der Waals surface area contributed by atoms with Crippen LogP contribution in [0.5, 0.6) is 0 Å². The highest BCUT2D eigenvalue weighted by Gasteiger charge is 2.12. The fraction of sp³-hybridized carbons (Fsp3) is 0.529. The summed E-state index contributed by atoms with van der Waals surface area (Å²) >= 11 is 0. The third kappa shape index (κ3) is 7.04. The second-order valence-corrected chi connectivity index (χ2v) is 6.46. The molecule has 4 amide bonds. The van der Waals surface area contributed by atoms with Crippen LogP contribution in [0.4, 0.5) is 21.0 Å². The van der Waals surface area contributed by atoms with Crippen molar-refractivity contribution in [2.24, 2.45) is 11.8 Å². The molecule has 1 aromatic rings. The van der Waals surface area contributed by atoms with Gasteiger partial charge in [-0.3, -0.25) is 0 Å². The van der Waals surface area contributed by atoms with Crippen molar-refractivity contribution < 1.29 is 9.59 Å². The number of hydrogen-bond donors (Lipinski definition) is 4. The summed E-state index contributed by atoms with van der Waals surface area (Å²) in [5, 5.41) is 11.2. The van der Waals surface area contributed by atoms with Crippen LogP contribution in [0.3, 0.4) is 0 Å². The van der Waals surface area contributed by atoms with Crippen LogP contribution in [0.2, 0.25) is 0 Å². The van der Waals surface area contributed by atoms with E-state index in [1.165, 1.54) is 0 Å². The number of carbonyl (C=O) groups excluding carboxylic acids is 2. The van der Waals surface area contributed by atoms with Crippen LogP contribution in [0.25, 0.3) is 0 Å². The summed E-state index contributed by atoms with van der Waals surface area (Å²) < 4.78 is 0. The van der Waals surface area contributed by atoms with Crippen molar-refractivity contribution in [3.8, 4) is 0 Å². The van der Waals surface area contributed by atoms with E-state index in [4.69, 9.17) is 0 Å². The van der Waals surface area contributed by atoms with Gasteiger partial charge < -0.3 is 21.3 Å². The lowest BCUT2D eigenvalue weighted by atomic mass is 10.1. The average Bonchev–Trinajstić information content (AvgIpc) is 2.46. The number of rotatable bonds is 6. The van der Waals surface area contributed by atoms with E-state index in [0.29, 0.717) is 36.3 Å². The molecule has 0 unspecified atom stereocenters. The lowest BCUT2D eigenvalue weighted by Gasteiger charge is -2.16. The van der Waals surface area contributed by atoms with Crippen molar-refractivity contribution >= 4 is 23.4 Å². The summed E-state index contributed by atoms with van der Waals surface area (Å²) in [4.78, 5) is 23.9. The first-order valence-electron chi connectivity index (χ1n) is 7.99. The third-order valence-corrected chi connectivity index (χ3v) is 3.10. The maximum atomic E-state index is 12.0. The Morgan fingerprint density at radius 3 is 1.96 bits per heavy atom. The standard InChI is InChI=1S/C17H28N4O2/c1-11(2)9-18-16(22)20-14-8-6-7-13(5)15(14)21-17(23)19-10-12(3)4/h6-8,11-12H,9-10H2,1-5H3,(H2,18,20,22)(H2,19,21,23). The number of carbonyl (C=O) groups is 2. The highest BCUT2D eigenvalue weighted by molar-refractivity contribution is 5.99. The van der Waals surface area contributed by atoms with Gasteiger partial charge in [0.1, 0.15) is 0 Å². The zero-order chi connectivity index (χ0) is 17.4. The Morgan fingerprint density at radius 2 is 1.43 bits per heavy atom. The van der Waals surface area contributed by atoms with Crippen LogP contribution in [0, 0.1) is 18.8 Å². The van der Waals surface area contributed by atoms with Crippen LogP contribution in [-0.4, -0.2) is 25.2 Å². The predicted molar refractivity (Wildman–Crippen MR) is 94.9 cm³/mol. The van der Waals surface area contributed by atoms with Gasteiger partial charge in [-0.05, 0) is 30.4 Å². The van der Waals surface area contributed by atoms with Gasteiger partial charge in [0, 0.05) is 13.1 Å². The zero-order valence-corrected chi connectivity index (χ0v) is 14.6. The van der Waals surface area contributed by atoms with Crippen LogP contribution in [-0.2, 0) is 0 Å². The van der Waals surface area contributed by atoms with E-state index >= 15 is 0 Å². The first-order valence-corrected chi connectivity index (χ1v) is 7.99. The van der Waals surface area contributed by atoms with E-state index in [2.05, 4.69) is 21.3 Å². The lowest BCUT2D eigenvalue weighted by Crippen LogP contribution is -2.34. The molecule has 0 aliphatic carbocycles. The van der Waals surface area contributed by atoms with E-state index in [9.17, 15) is 9.59 Å². The van der Waals surface area contributed by atoms with E-state index in [1.54, 1.807) is 6.07 Å². The number of benzene rings is 1. The maximum absolute atomic E-state index is 12.0. The van der Waals surface area contributed by atoms with Crippen LogP contribution in [0.1, 0.15) is 33.3 Å². The highest BCUT2D eigenvalue weighted by atomic mass is 16.2. The second kappa shape index (κ2) is 9.02. The van der Waals surface area contributed by atoms with Gasteiger partial charge in [0.2, 0.25) is 0 Å². The minimum Gasteiger partial charge on any atom is -0.338 e. The minimum atomic E-state index is -0.282. The summed E-state index contributed by atoms with van der Waals surface area (Å²) in [6.45, 7) is 11.2.